The number of methoxy groups -OCH3 is 1. The summed E-state index contributed by atoms with van der Waals surface area (Å²) in [6.45, 7) is 1.39. The van der Waals surface area contributed by atoms with Crippen molar-refractivity contribution in [2.24, 2.45) is 0 Å². The van der Waals surface area contributed by atoms with Crippen LogP contribution in [0, 0.1) is 0 Å². The molecule has 0 saturated carbocycles. The Morgan fingerprint density at radius 2 is 2.14 bits per heavy atom. The molecule has 1 fully saturated rings. The third-order valence-electron chi connectivity index (χ3n) is 3.82. The molecule has 0 unspecified atom stereocenters. The zero-order valence-corrected chi connectivity index (χ0v) is 13.7. The number of carbonyl (C=O) groups is 1. The molecule has 0 spiro atoms. The summed E-state index contributed by atoms with van der Waals surface area (Å²) in [5.74, 6) is 0.867. The van der Waals surface area contributed by atoms with Crippen molar-refractivity contribution in [3.05, 3.63) is 29.8 Å². The summed E-state index contributed by atoms with van der Waals surface area (Å²) in [5.41, 5.74) is 1.20. The molecule has 1 aromatic carbocycles. The molecule has 1 aliphatic rings. The van der Waals surface area contributed by atoms with Gasteiger partial charge in [0, 0.05) is 13.0 Å². The highest BCUT2D eigenvalue weighted by Gasteiger charge is 2.23. The van der Waals surface area contributed by atoms with Crippen molar-refractivity contribution in [2.75, 3.05) is 20.2 Å². The van der Waals surface area contributed by atoms with Crippen molar-refractivity contribution in [2.45, 2.75) is 37.8 Å². The zero-order chi connectivity index (χ0) is 15.1. The Morgan fingerprint density at radius 1 is 1.41 bits per heavy atom. The van der Waals surface area contributed by atoms with Crippen molar-refractivity contribution in [3.8, 4) is 5.75 Å². The van der Waals surface area contributed by atoms with E-state index in [1.165, 1.54) is 5.56 Å². The minimum Gasteiger partial charge on any atom is -0.497 e. The normalized spacial score (nSPS) is 20.8. The maximum Gasteiger partial charge on any atom is 0.220 e. The van der Waals surface area contributed by atoms with Gasteiger partial charge in [-0.05, 0) is 43.5 Å². The van der Waals surface area contributed by atoms with Crippen molar-refractivity contribution in [3.63, 3.8) is 0 Å². The number of β-amino-alcohol motifs (C(OH)–C–C–N with tert-alkyl or cyclic N) is 1. The molecule has 5 nitrogen and oxygen atoms in total. The molecular weight excluding hydrogens is 304 g/mol. The van der Waals surface area contributed by atoms with E-state index in [-0.39, 0.29) is 24.4 Å². The highest BCUT2D eigenvalue weighted by atomic mass is 35.5. The molecule has 0 radical (unpaired) electrons. The van der Waals surface area contributed by atoms with E-state index in [4.69, 9.17) is 4.74 Å². The first-order valence-corrected chi connectivity index (χ1v) is 7.50. The Balaban J connectivity index is 0.00000242. The quantitative estimate of drug-likeness (QED) is 0.735. The van der Waals surface area contributed by atoms with Crippen LogP contribution < -0.4 is 15.4 Å². The number of amides is 1. The Bertz CT molecular complexity index is 453. The second kappa shape index (κ2) is 9.66. The van der Waals surface area contributed by atoms with E-state index in [2.05, 4.69) is 10.6 Å². The molecule has 124 valence electrons. The molecule has 0 aromatic heterocycles. The molecule has 2 atom stereocenters. The number of hydrogen-bond acceptors (Lipinski definition) is 4. The fourth-order valence-electron chi connectivity index (χ4n) is 2.53. The van der Waals surface area contributed by atoms with Crippen LogP contribution >= 0.6 is 12.4 Å². The Hall–Kier alpha value is -1.30. The summed E-state index contributed by atoms with van der Waals surface area (Å²) in [4.78, 5) is 11.9. The van der Waals surface area contributed by atoms with Gasteiger partial charge in [-0.15, -0.1) is 12.4 Å². The molecule has 1 aromatic rings. The van der Waals surface area contributed by atoms with Crippen molar-refractivity contribution in [1.82, 2.24) is 10.6 Å². The van der Waals surface area contributed by atoms with Gasteiger partial charge in [0.2, 0.25) is 5.91 Å². The van der Waals surface area contributed by atoms with Gasteiger partial charge in [-0.3, -0.25) is 4.79 Å². The number of piperidine rings is 1. The lowest BCUT2D eigenvalue weighted by atomic mass is 10.0. The first-order valence-electron chi connectivity index (χ1n) is 7.50. The van der Waals surface area contributed by atoms with Crippen LogP contribution in [-0.2, 0) is 11.2 Å². The number of aliphatic hydroxyl groups is 1. The molecule has 1 heterocycles. The predicted molar refractivity (Wildman–Crippen MR) is 88.6 cm³/mol. The average molecular weight is 329 g/mol. The number of nitrogens with one attached hydrogen (secondary N) is 2. The molecule has 22 heavy (non-hydrogen) atoms. The van der Waals surface area contributed by atoms with Gasteiger partial charge in [0.05, 0.1) is 19.3 Å². The molecule has 1 amide bonds. The molecule has 0 aliphatic carbocycles. The number of aliphatic hydroxyl groups excluding tert-OH is 1. The largest absolute Gasteiger partial charge is 0.497 e. The Morgan fingerprint density at radius 3 is 2.77 bits per heavy atom. The van der Waals surface area contributed by atoms with Crippen LogP contribution in [-0.4, -0.2) is 43.4 Å². The highest BCUT2D eigenvalue weighted by Crippen LogP contribution is 2.13. The fourth-order valence-corrected chi connectivity index (χ4v) is 2.53. The maximum absolute atomic E-state index is 11.9. The van der Waals surface area contributed by atoms with Crippen molar-refractivity contribution in [1.29, 1.82) is 0 Å². The van der Waals surface area contributed by atoms with E-state index in [1.54, 1.807) is 7.11 Å². The standard InChI is InChI=1S/C16H24N2O3.ClH/c1-21-13-7-5-12(6-8-13)3-2-4-16(20)18-14-9-10-17-11-15(14)19;/h5-8,14-15,17,19H,2-4,9-11H2,1H3,(H,18,20);1H/t14-,15-;/m1./s1. The van der Waals surface area contributed by atoms with Crippen LogP contribution in [0.5, 0.6) is 5.75 Å². The third-order valence-corrected chi connectivity index (χ3v) is 3.82. The molecule has 0 bridgehead atoms. The maximum atomic E-state index is 11.9. The molecule has 6 heteroatoms. The van der Waals surface area contributed by atoms with E-state index in [0.29, 0.717) is 13.0 Å². The number of ether oxygens (including phenoxy) is 1. The lowest BCUT2D eigenvalue weighted by molar-refractivity contribution is -0.123. The summed E-state index contributed by atoms with van der Waals surface area (Å²) in [7, 11) is 1.65. The summed E-state index contributed by atoms with van der Waals surface area (Å²) in [6, 6.07) is 7.79. The molecule has 3 N–H and O–H groups in total. The molecule has 1 aliphatic heterocycles. The van der Waals surface area contributed by atoms with Gasteiger partial charge >= 0.3 is 0 Å². The summed E-state index contributed by atoms with van der Waals surface area (Å²) in [5, 5.41) is 15.8. The smallest absolute Gasteiger partial charge is 0.220 e. The second-order valence-electron chi connectivity index (χ2n) is 5.44. The lowest BCUT2D eigenvalue weighted by Gasteiger charge is -2.29. The van der Waals surface area contributed by atoms with E-state index in [1.807, 2.05) is 24.3 Å². The SMILES string of the molecule is COc1ccc(CCCC(=O)N[C@@H]2CCNC[C@H]2O)cc1.Cl. The lowest BCUT2D eigenvalue weighted by Crippen LogP contribution is -2.52. The van der Waals surface area contributed by atoms with Crippen LogP contribution in [0.15, 0.2) is 24.3 Å². The Labute approximate surface area is 137 Å². The molecule has 1 saturated heterocycles. The number of benzene rings is 1. The van der Waals surface area contributed by atoms with Crippen LogP contribution in [0.1, 0.15) is 24.8 Å². The number of rotatable bonds is 6. The van der Waals surface area contributed by atoms with Crippen LogP contribution in [0.4, 0.5) is 0 Å². The monoisotopic (exact) mass is 328 g/mol. The summed E-state index contributed by atoms with van der Waals surface area (Å²) in [6.07, 6.45) is 2.46. The first kappa shape index (κ1) is 18.7. The van der Waals surface area contributed by atoms with Gasteiger partial charge in [0.15, 0.2) is 0 Å². The number of aryl methyl sites for hydroxylation is 1. The van der Waals surface area contributed by atoms with Gasteiger partial charge < -0.3 is 20.5 Å². The van der Waals surface area contributed by atoms with Crippen molar-refractivity contribution < 1.29 is 14.6 Å². The van der Waals surface area contributed by atoms with Crippen LogP contribution in [0.25, 0.3) is 0 Å². The fraction of sp³-hybridized carbons (Fsp3) is 0.562. The number of carbonyl (C=O) groups excluding carboxylic acids is 1. The summed E-state index contributed by atoms with van der Waals surface area (Å²) >= 11 is 0. The minimum atomic E-state index is -0.482. The van der Waals surface area contributed by atoms with Crippen molar-refractivity contribution >= 4 is 18.3 Å². The second-order valence-corrected chi connectivity index (χ2v) is 5.44. The Kier molecular flexibility index (Phi) is 8.24. The predicted octanol–water partition coefficient (Wildman–Crippen LogP) is 1.28. The van der Waals surface area contributed by atoms with Gasteiger partial charge in [-0.2, -0.15) is 0 Å². The average Bonchev–Trinajstić information content (AvgIpc) is 2.50. The highest BCUT2D eigenvalue weighted by molar-refractivity contribution is 5.85. The number of halogens is 1. The summed E-state index contributed by atoms with van der Waals surface area (Å²) < 4.78 is 5.11. The number of hydrogen-bond donors (Lipinski definition) is 3. The minimum absolute atomic E-state index is 0. The zero-order valence-electron chi connectivity index (χ0n) is 12.9. The van der Waals surface area contributed by atoms with E-state index in [9.17, 15) is 9.90 Å². The molecule has 2 rings (SSSR count). The van der Waals surface area contributed by atoms with E-state index >= 15 is 0 Å². The van der Waals surface area contributed by atoms with Crippen LogP contribution in [0.3, 0.4) is 0 Å². The van der Waals surface area contributed by atoms with Gasteiger partial charge in [0.1, 0.15) is 5.75 Å². The van der Waals surface area contributed by atoms with Gasteiger partial charge in [-0.25, -0.2) is 0 Å². The van der Waals surface area contributed by atoms with Crippen LogP contribution in [0.2, 0.25) is 0 Å². The van der Waals surface area contributed by atoms with Gasteiger partial charge in [0.25, 0.3) is 0 Å². The molecular formula is C16H25ClN2O3. The van der Waals surface area contributed by atoms with E-state index < -0.39 is 6.10 Å². The third kappa shape index (κ3) is 5.83. The van der Waals surface area contributed by atoms with E-state index in [0.717, 1.165) is 31.6 Å². The first-order chi connectivity index (χ1) is 10.2. The van der Waals surface area contributed by atoms with Gasteiger partial charge in [-0.1, -0.05) is 12.1 Å². The topological polar surface area (TPSA) is 70.6 Å².